The normalized spacial score (nSPS) is 14.3. The molecule has 0 aromatic rings. The summed E-state index contributed by atoms with van der Waals surface area (Å²) in [5, 5.41) is 8.26. The number of carbonyl (C=O) groups is 1. The molecular weight excluding hydrogens is 175 g/mol. The van der Waals surface area contributed by atoms with Crippen molar-refractivity contribution < 1.29 is 13.9 Å². The third-order valence-electron chi connectivity index (χ3n) is 1.60. The van der Waals surface area contributed by atoms with Crippen molar-refractivity contribution in [3.63, 3.8) is 0 Å². The third-order valence-corrected chi connectivity index (χ3v) is 1.60. The lowest BCUT2D eigenvalue weighted by molar-refractivity contribution is -0.150. The zero-order chi connectivity index (χ0) is 10.3. The lowest BCUT2D eigenvalue weighted by Crippen LogP contribution is -2.51. The summed E-state index contributed by atoms with van der Waals surface area (Å²) in [6, 6.07) is 1.80. The summed E-state index contributed by atoms with van der Waals surface area (Å²) in [7, 11) is 0. The highest BCUT2D eigenvalue weighted by Gasteiger charge is 2.35. The molecule has 5 heteroatoms. The minimum Gasteiger partial charge on any atom is -0.465 e. The number of nitrogens with zero attached hydrogens (tertiary/aromatic N) is 1. The molecule has 1 unspecified atom stereocenters. The fourth-order valence-electron chi connectivity index (χ4n) is 0.777. The van der Waals surface area contributed by atoms with Gasteiger partial charge in [-0.1, -0.05) is 0 Å². The van der Waals surface area contributed by atoms with Crippen LogP contribution < -0.4 is 5.73 Å². The van der Waals surface area contributed by atoms with Crippen molar-refractivity contribution >= 4 is 5.97 Å². The fraction of sp³-hybridized carbons (Fsp3) is 0.750. The van der Waals surface area contributed by atoms with Gasteiger partial charge in [0.05, 0.1) is 12.7 Å². The highest BCUT2D eigenvalue weighted by molar-refractivity contribution is 5.80. The molecule has 0 bridgehead atoms. The standard InChI is InChI=1S/C8H13FN2O2/c1-2-13-7(12)8(11,6-9)4-3-5-10/h2-4,6,11H2,1H3. The SMILES string of the molecule is CCOC(=O)C(N)(CF)CCC#N. The van der Waals surface area contributed by atoms with Gasteiger partial charge >= 0.3 is 5.97 Å². The molecule has 1 atom stereocenters. The molecule has 74 valence electrons. The molecule has 0 radical (unpaired) electrons. The lowest BCUT2D eigenvalue weighted by atomic mass is 9.97. The summed E-state index contributed by atoms with van der Waals surface area (Å²) in [5.74, 6) is -0.784. The van der Waals surface area contributed by atoms with E-state index in [2.05, 4.69) is 4.74 Å². The van der Waals surface area contributed by atoms with Crippen LogP contribution in [0.2, 0.25) is 0 Å². The van der Waals surface area contributed by atoms with E-state index in [9.17, 15) is 9.18 Å². The highest BCUT2D eigenvalue weighted by atomic mass is 19.1. The van der Waals surface area contributed by atoms with Gasteiger partial charge in [-0.3, -0.25) is 0 Å². The second-order valence-corrected chi connectivity index (χ2v) is 2.67. The van der Waals surface area contributed by atoms with E-state index >= 15 is 0 Å². The Labute approximate surface area is 76.5 Å². The van der Waals surface area contributed by atoms with Crippen LogP contribution in [0.15, 0.2) is 0 Å². The Morgan fingerprint density at radius 1 is 1.77 bits per heavy atom. The molecule has 0 saturated carbocycles. The van der Waals surface area contributed by atoms with E-state index in [0.29, 0.717) is 0 Å². The smallest absolute Gasteiger partial charge is 0.328 e. The van der Waals surface area contributed by atoms with Crippen LogP contribution in [0.5, 0.6) is 0 Å². The summed E-state index contributed by atoms with van der Waals surface area (Å²) in [4.78, 5) is 11.1. The second kappa shape index (κ2) is 5.49. The summed E-state index contributed by atoms with van der Waals surface area (Å²) >= 11 is 0. The van der Waals surface area contributed by atoms with Crippen molar-refractivity contribution in [3.05, 3.63) is 0 Å². The molecule has 0 aliphatic carbocycles. The molecular formula is C8H13FN2O2. The molecule has 0 aliphatic heterocycles. The second-order valence-electron chi connectivity index (χ2n) is 2.67. The molecule has 4 nitrogen and oxygen atoms in total. The first-order valence-corrected chi connectivity index (χ1v) is 3.99. The number of nitriles is 1. The van der Waals surface area contributed by atoms with Gasteiger partial charge in [-0.2, -0.15) is 5.26 Å². The van der Waals surface area contributed by atoms with Crippen LogP contribution in [-0.2, 0) is 9.53 Å². The highest BCUT2D eigenvalue weighted by Crippen LogP contribution is 2.12. The Morgan fingerprint density at radius 2 is 2.38 bits per heavy atom. The maximum Gasteiger partial charge on any atom is 0.328 e. The van der Waals surface area contributed by atoms with Crippen molar-refractivity contribution in [2.24, 2.45) is 5.73 Å². The van der Waals surface area contributed by atoms with Gasteiger partial charge in [0.1, 0.15) is 12.2 Å². The van der Waals surface area contributed by atoms with Gasteiger partial charge in [-0.15, -0.1) is 0 Å². The van der Waals surface area contributed by atoms with Crippen LogP contribution in [0, 0.1) is 11.3 Å². The molecule has 0 rings (SSSR count). The number of esters is 1. The van der Waals surface area contributed by atoms with Crippen LogP contribution in [0.1, 0.15) is 19.8 Å². The van der Waals surface area contributed by atoms with Crippen molar-refractivity contribution in [2.45, 2.75) is 25.3 Å². The average Bonchev–Trinajstić information content (AvgIpc) is 2.14. The molecule has 13 heavy (non-hydrogen) atoms. The summed E-state index contributed by atoms with van der Waals surface area (Å²) < 4.78 is 17.0. The number of hydrogen-bond donors (Lipinski definition) is 1. The van der Waals surface area contributed by atoms with Crippen LogP contribution in [0.4, 0.5) is 4.39 Å². The molecule has 2 N–H and O–H groups in total. The molecule has 0 aromatic heterocycles. The van der Waals surface area contributed by atoms with Crippen molar-refractivity contribution in [1.29, 1.82) is 5.26 Å². The van der Waals surface area contributed by atoms with Gasteiger partial charge < -0.3 is 10.5 Å². The van der Waals surface area contributed by atoms with Crippen LogP contribution in [0.3, 0.4) is 0 Å². The van der Waals surface area contributed by atoms with Gasteiger partial charge in [-0.25, -0.2) is 9.18 Å². The Morgan fingerprint density at radius 3 is 2.77 bits per heavy atom. The Hall–Kier alpha value is -1.15. The first kappa shape index (κ1) is 11.8. The largest absolute Gasteiger partial charge is 0.465 e. The van der Waals surface area contributed by atoms with E-state index in [0.717, 1.165) is 0 Å². The number of halogens is 1. The zero-order valence-electron chi connectivity index (χ0n) is 7.55. The summed E-state index contributed by atoms with van der Waals surface area (Å²) in [5.41, 5.74) is 3.77. The monoisotopic (exact) mass is 188 g/mol. The van der Waals surface area contributed by atoms with Gasteiger partial charge in [0.15, 0.2) is 0 Å². The minimum atomic E-state index is -1.65. The van der Waals surface area contributed by atoms with E-state index < -0.39 is 18.2 Å². The van der Waals surface area contributed by atoms with Crippen LogP contribution in [-0.4, -0.2) is 24.8 Å². The molecule has 0 heterocycles. The van der Waals surface area contributed by atoms with Crippen LogP contribution >= 0.6 is 0 Å². The molecule has 0 saturated heterocycles. The first-order chi connectivity index (χ1) is 6.10. The Balaban J connectivity index is 4.26. The van der Waals surface area contributed by atoms with Crippen molar-refractivity contribution in [1.82, 2.24) is 0 Å². The van der Waals surface area contributed by atoms with E-state index in [1.54, 1.807) is 13.0 Å². The van der Waals surface area contributed by atoms with Gasteiger partial charge in [0, 0.05) is 6.42 Å². The number of nitrogens with two attached hydrogens (primary N) is 1. The van der Waals surface area contributed by atoms with E-state index in [-0.39, 0.29) is 19.4 Å². The van der Waals surface area contributed by atoms with Gasteiger partial charge in [-0.05, 0) is 13.3 Å². The van der Waals surface area contributed by atoms with Crippen LogP contribution in [0.25, 0.3) is 0 Å². The Kier molecular flexibility index (Phi) is 5.00. The molecule has 0 amide bonds. The van der Waals surface area contributed by atoms with Crippen molar-refractivity contribution in [2.75, 3.05) is 13.3 Å². The predicted octanol–water partition coefficient (Wildman–Crippen LogP) is 0.520. The quantitative estimate of drug-likeness (QED) is 0.638. The molecule has 0 aliphatic rings. The van der Waals surface area contributed by atoms with E-state index in [1.165, 1.54) is 0 Å². The summed E-state index contributed by atoms with van der Waals surface area (Å²) in [6.45, 7) is 0.763. The number of carbonyl (C=O) groups excluding carboxylic acids is 1. The topological polar surface area (TPSA) is 76.1 Å². The predicted molar refractivity (Wildman–Crippen MR) is 44.4 cm³/mol. The third kappa shape index (κ3) is 3.38. The number of rotatable bonds is 5. The number of ether oxygens (including phenoxy) is 1. The van der Waals surface area contributed by atoms with Gasteiger partial charge in [0.2, 0.25) is 0 Å². The minimum absolute atomic E-state index is 0.0150. The summed E-state index contributed by atoms with van der Waals surface area (Å²) in [6.07, 6.45) is 0.0259. The molecule has 0 aromatic carbocycles. The van der Waals surface area contributed by atoms with E-state index in [4.69, 9.17) is 11.0 Å². The fourth-order valence-corrected chi connectivity index (χ4v) is 0.777. The maximum absolute atomic E-state index is 12.4. The lowest BCUT2D eigenvalue weighted by Gasteiger charge is -2.22. The average molecular weight is 188 g/mol. The van der Waals surface area contributed by atoms with Gasteiger partial charge in [0.25, 0.3) is 0 Å². The first-order valence-electron chi connectivity index (χ1n) is 3.99. The molecule has 0 fully saturated rings. The molecule has 0 spiro atoms. The number of alkyl halides is 1. The van der Waals surface area contributed by atoms with Crippen molar-refractivity contribution in [3.8, 4) is 6.07 Å². The zero-order valence-corrected chi connectivity index (χ0v) is 7.55. The number of hydrogen-bond acceptors (Lipinski definition) is 4. The maximum atomic E-state index is 12.4. The van der Waals surface area contributed by atoms with E-state index in [1.807, 2.05) is 0 Å². The Bertz CT molecular complexity index is 215.